The number of fused-ring (bicyclic) bond motifs is 1. The molecule has 4 aromatic rings. The van der Waals surface area contributed by atoms with Crippen molar-refractivity contribution in [3.63, 3.8) is 0 Å². The molecule has 5 nitrogen and oxygen atoms in total. The van der Waals surface area contributed by atoms with E-state index >= 15 is 0 Å². The van der Waals surface area contributed by atoms with Gasteiger partial charge in [-0.2, -0.15) is 0 Å². The minimum atomic E-state index is -0.187. The summed E-state index contributed by atoms with van der Waals surface area (Å²) in [7, 11) is 0. The topological polar surface area (TPSA) is 59.0 Å². The van der Waals surface area contributed by atoms with Gasteiger partial charge in [-0.3, -0.25) is 14.7 Å². The van der Waals surface area contributed by atoms with Crippen LogP contribution in [0, 0.1) is 0 Å². The highest BCUT2D eigenvalue weighted by Crippen LogP contribution is 2.29. The lowest BCUT2D eigenvalue weighted by molar-refractivity contribution is 0.0982. The highest BCUT2D eigenvalue weighted by molar-refractivity contribution is 7.22. The van der Waals surface area contributed by atoms with Crippen molar-refractivity contribution in [2.75, 3.05) is 11.4 Å². The van der Waals surface area contributed by atoms with Crippen molar-refractivity contribution in [1.29, 1.82) is 0 Å². The fraction of sp³-hybridized carbons (Fsp3) is 0.100. The maximum atomic E-state index is 13.0. The summed E-state index contributed by atoms with van der Waals surface area (Å²) in [5.74, 6) is -0.187. The minimum absolute atomic E-state index is 0.187. The third-order valence-corrected chi connectivity index (χ3v) is 5.07. The Kier molecular flexibility index (Phi) is 4.66. The van der Waals surface area contributed by atoms with Crippen molar-refractivity contribution in [2.45, 2.75) is 6.42 Å². The molecule has 0 unspecified atom stereocenters. The van der Waals surface area contributed by atoms with Crippen LogP contribution in [0.3, 0.4) is 0 Å². The second kappa shape index (κ2) is 7.41. The monoisotopic (exact) mass is 360 g/mol. The Morgan fingerprint density at radius 1 is 1.00 bits per heavy atom. The van der Waals surface area contributed by atoms with Gasteiger partial charge in [-0.15, -0.1) is 0 Å². The van der Waals surface area contributed by atoms with E-state index < -0.39 is 0 Å². The number of nitrogens with zero attached hydrogens (tertiary/aromatic N) is 4. The number of aromatic nitrogens is 3. The van der Waals surface area contributed by atoms with Crippen LogP contribution in [-0.4, -0.2) is 27.4 Å². The minimum Gasteiger partial charge on any atom is -0.282 e. The molecule has 0 atom stereocenters. The van der Waals surface area contributed by atoms with E-state index in [1.807, 2.05) is 42.5 Å². The summed E-state index contributed by atoms with van der Waals surface area (Å²) in [4.78, 5) is 27.5. The van der Waals surface area contributed by atoms with Gasteiger partial charge in [-0.05, 0) is 24.1 Å². The van der Waals surface area contributed by atoms with Gasteiger partial charge in [0.2, 0.25) is 0 Å². The Labute approximate surface area is 155 Å². The number of thiazole rings is 1. The van der Waals surface area contributed by atoms with Crippen molar-refractivity contribution in [1.82, 2.24) is 15.0 Å². The normalized spacial score (nSPS) is 10.8. The molecule has 2 heterocycles. The molecule has 0 aliphatic rings. The maximum absolute atomic E-state index is 13.0. The Hall–Kier alpha value is -3.12. The first-order valence-corrected chi connectivity index (χ1v) is 9.10. The van der Waals surface area contributed by atoms with Crippen LogP contribution < -0.4 is 4.90 Å². The Bertz CT molecular complexity index is 985. The van der Waals surface area contributed by atoms with E-state index in [1.165, 1.54) is 29.3 Å². The smallest absolute Gasteiger partial charge is 0.280 e. The molecule has 2 aromatic carbocycles. The maximum Gasteiger partial charge on any atom is 0.280 e. The second-order valence-corrected chi connectivity index (χ2v) is 6.76. The molecule has 0 spiro atoms. The Morgan fingerprint density at radius 2 is 1.81 bits per heavy atom. The number of rotatable bonds is 5. The van der Waals surface area contributed by atoms with Crippen LogP contribution >= 0.6 is 11.3 Å². The summed E-state index contributed by atoms with van der Waals surface area (Å²) in [6.07, 6.45) is 5.32. The standard InChI is InChI=1S/C20H16N4OS/c25-19(17-14-21-11-12-22-17)24(13-10-15-6-2-1-3-7-15)20-23-16-8-4-5-9-18(16)26-20/h1-9,11-12,14H,10,13H2. The predicted molar refractivity (Wildman–Crippen MR) is 103 cm³/mol. The number of benzene rings is 2. The van der Waals surface area contributed by atoms with Crippen LogP contribution in [-0.2, 0) is 6.42 Å². The van der Waals surface area contributed by atoms with Crippen molar-refractivity contribution >= 4 is 32.6 Å². The summed E-state index contributed by atoms with van der Waals surface area (Å²) in [6.45, 7) is 0.527. The molecule has 0 bridgehead atoms. The van der Waals surface area contributed by atoms with E-state index in [9.17, 15) is 4.79 Å². The van der Waals surface area contributed by atoms with Gasteiger partial charge in [0, 0.05) is 18.9 Å². The summed E-state index contributed by atoms with van der Waals surface area (Å²) in [5.41, 5.74) is 2.38. The number of carbonyl (C=O) groups excluding carboxylic acids is 1. The summed E-state index contributed by atoms with van der Waals surface area (Å²) in [6, 6.07) is 18.0. The molecule has 0 saturated carbocycles. The molecule has 26 heavy (non-hydrogen) atoms. The highest BCUT2D eigenvalue weighted by atomic mass is 32.1. The van der Waals surface area contributed by atoms with Gasteiger partial charge in [-0.1, -0.05) is 53.8 Å². The number of carbonyl (C=O) groups is 1. The fourth-order valence-corrected chi connectivity index (χ4v) is 3.68. The van der Waals surface area contributed by atoms with E-state index in [2.05, 4.69) is 27.1 Å². The second-order valence-electron chi connectivity index (χ2n) is 5.75. The predicted octanol–water partition coefficient (Wildman–Crippen LogP) is 3.98. The molecule has 0 aliphatic carbocycles. The van der Waals surface area contributed by atoms with Crippen molar-refractivity contribution in [3.05, 3.63) is 84.4 Å². The van der Waals surface area contributed by atoms with Gasteiger partial charge in [0.25, 0.3) is 5.91 Å². The first-order valence-electron chi connectivity index (χ1n) is 8.28. The number of hydrogen-bond acceptors (Lipinski definition) is 5. The van der Waals surface area contributed by atoms with E-state index in [1.54, 1.807) is 11.1 Å². The summed E-state index contributed by atoms with van der Waals surface area (Å²) >= 11 is 1.51. The number of hydrogen-bond donors (Lipinski definition) is 0. The molecule has 0 radical (unpaired) electrons. The molecular formula is C20H16N4OS. The number of anilines is 1. The average Bonchev–Trinajstić information content (AvgIpc) is 3.13. The van der Waals surface area contributed by atoms with E-state index in [0.717, 1.165) is 16.6 Å². The van der Waals surface area contributed by atoms with E-state index in [-0.39, 0.29) is 5.91 Å². The van der Waals surface area contributed by atoms with Gasteiger partial charge in [0.05, 0.1) is 16.4 Å². The molecule has 1 amide bonds. The zero-order chi connectivity index (χ0) is 17.8. The summed E-state index contributed by atoms with van der Waals surface area (Å²) < 4.78 is 1.05. The number of para-hydroxylation sites is 1. The van der Waals surface area contributed by atoms with Crippen LogP contribution in [0.1, 0.15) is 16.1 Å². The lowest BCUT2D eigenvalue weighted by Crippen LogP contribution is -2.33. The van der Waals surface area contributed by atoms with Crippen molar-refractivity contribution in [3.8, 4) is 0 Å². The van der Waals surface area contributed by atoms with Crippen LogP contribution in [0.4, 0.5) is 5.13 Å². The molecular weight excluding hydrogens is 344 g/mol. The first-order chi connectivity index (χ1) is 12.8. The Balaban J connectivity index is 1.67. The molecule has 0 N–H and O–H groups in total. The third kappa shape index (κ3) is 3.45. The van der Waals surface area contributed by atoms with Crippen LogP contribution in [0.2, 0.25) is 0 Å². The molecule has 128 valence electrons. The van der Waals surface area contributed by atoms with E-state index in [4.69, 9.17) is 0 Å². The lowest BCUT2D eigenvalue weighted by Gasteiger charge is -2.19. The summed E-state index contributed by atoms with van der Waals surface area (Å²) in [5, 5.41) is 0.679. The lowest BCUT2D eigenvalue weighted by atomic mass is 10.1. The van der Waals surface area contributed by atoms with Crippen LogP contribution in [0.5, 0.6) is 0 Å². The number of amides is 1. The van der Waals surface area contributed by atoms with Gasteiger partial charge < -0.3 is 0 Å². The molecule has 4 rings (SSSR count). The molecule has 0 saturated heterocycles. The first kappa shape index (κ1) is 16.4. The van der Waals surface area contributed by atoms with Gasteiger partial charge >= 0.3 is 0 Å². The highest BCUT2D eigenvalue weighted by Gasteiger charge is 2.22. The van der Waals surface area contributed by atoms with Gasteiger partial charge in [-0.25, -0.2) is 9.97 Å². The largest absolute Gasteiger partial charge is 0.282 e. The van der Waals surface area contributed by atoms with Gasteiger partial charge in [0.15, 0.2) is 5.13 Å². The SMILES string of the molecule is O=C(c1cnccn1)N(CCc1ccccc1)c1nc2ccccc2s1. The molecule has 0 aliphatic heterocycles. The molecule has 0 fully saturated rings. The zero-order valence-corrected chi connectivity index (χ0v) is 14.8. The zero-order valence-electron chi connectivity index (χ0n) is 13.9. The van der Waals surface area contributed by atoms with Crippen LogP contribution in [0.25, 0.3) is 10.2 Å². The average molecular weight is 360 g/mol. The molecule has 6 heteroatoms. The van der Waals surface area contributed by atoms with Crippen LogP contribution in [0.15, 0.2) is 73.2 Å². The Morgan fingerprint density at radius 3 is 2.58 bits per heavy atom. The third-order valence-electron chi connectivity index (χ3n) is 4.01. The van der Waals surface area contributed by atoms with E-state index in [0.29, 0.717) is 17.4 Å². The molecule has 2 aromatic heterocycles. The quantitative estimate of drug-likeness (QED) is 0.540. The fourth-order valence-electron chi connectivity index (χ4n) is 2.69. The van der Waals surface area contributed by atoms with Crippen molar-refractivity contribution < 1.29 is 4.79 Å². The van der Waals surface area contributed by atoms with Gasteiger partial charge in [0.1, 0.15) is 5.69 Å². The van der Waals surface area contributed by atoms with Crippen molar-refractivity contribution in [2.24, 2.45) is 0 Å².